The molecule has 0 heterocycles. The summed E-state index contributed by atoms with van der Waals surface area (Å²) in [6.07, 6.45) is 0. The van der Waals surface area contributed by atoms with E-state index in [0.29, 0.717) is 11.1 Å². The van der Waals surface area contributed by atoms with E-state index in [2.05, 4.69) is 5.32 Å². The normalized spacial score (nSPS) is 10.3. The van der Waals surface area contributed by atoms with Crippen molar-refractivity contribution >= 4 is 29.5 Å². The van der Waals surface area contributed by atoms with Crippen LogP contribution < -0.4 is 5.32 Å². The number of anilines is 1. The largest absolute Gasteiger partial charge is 0.478 e. The minimum atomic E-state index is -1.34. The molecule has 0 spiro atoms. The first-order valence-electron chi connectivity index (χ1n) is 8.62. The molecule has 4 N–H and O–H groups in total. The maximum Gasteiger partial charge on any atom is 0.336 e. The van der Waals surface area contributed by atoms with Gasteiger partial charge in [-0.1, -0.05) is 36.4 Å². The van der Waals surface area contributed by atoms with Crippen molar-refractivity contribution in [2.24, 2.45) is 0 Å². The first kappa shape index (κ1) is 20.3. The van der Waals surface area contributed by atoms with Crippen molar-refractivity contribution < 1.29 is 34.5 Å². The number of aromatic carboxylic acids is 3. The van der Waals surface area contributed by atoms with Crippen LogP contribution in [-0.2, 0) is 0 Å². The number of carboxylic acid groups (broad SMARTS) is 3. The topological polar surface area (TPSA) is 141 Å². The number of rotatable bonds is 6. The quantitative estimate of drug-likeness (QED) is 0.490. The fourth-order valence-electron chi connectivity index (χ4n) is 2.97. The Bertz CT molecular complexity index is 1150. The number of hydrogen-bond acceptors (Lipinski definition) is 4. The smallest absolute Gasteiger partial charge is 0.336 e. The molecule has 0 radical (unpaired) electrons. The van der Waals surface area contributed by atoms with Crippen molar-refractivity contribution in [2.45, 2.75) is 0 Å². The third-order valence-electron chi connectivity index (χ3n) is 4.30. The Balaban J connectivity index is 2.04. The molecule has 3 aromatic carbocycles. The molecule has 0 aliphatic heterocycles. The molecular weight excluding hydrogens is 390 g/mol. The summed E-state index contributed by atoms with van der Waals surface area (Å²) in [5.41, 5.74) is 0.243. The standard InChI is InChI=1S/C22H15NO7/c24-19(23-14-10-12(20(25)26)9-13(11-14)21(27)28)17-7-3-1-5-15(17)16-6-2-4-8-18(16)22(29)30/h1-11H,(H,23,24)(H,25,26)(H,27,28)(H,29,30). The molecule has 0 unspecified atom stereocenters. The zero-order chi connectivity index (χ0) is 21.8. The molecule has 0 atom stereocenters. The van der Waals surface area contributed by atoms with Crippen LogP contribution in [0.3, 0.4) is 0 Å². The summed E-state index contributed by atoms with van der Waals surface area (Å²) in [7, 11) is 0. The van der Waals surface area contributed by atoms with Gasteiger partial charge in [-0.3, -0.25) is 4.79 Å². The molecule has 0 saturated carbocycles. The minimum Gasteiger partial charge on any atom is -0.478 e. The number of carbonyl (C=O) groups is 4. The number of benzene rings is 3. The van der Waals surface area contributed by atoms with E-state index in [0.717, 1.165) is 18.2 Å². The first-order valence-corrected chi connectivity index (χ1v) is 8.62. The van der Waals surface area contributed by atoms with Gasteiger partial charge in [-0.05, 0) is 41.5 Å². The predicted molar refractivity (Wildman–Crippen MR) is 107 cm³/mol. The van der Waals surface area contributed by atoms with E-state index in [1.165, 1.54) is 12.1 Å². The van der Waals surface area contributed by atoms with E-state index in [9.17, 15) is 34.5 Å². The van der Waals surface area contributed by atoms with E-state index >= 15 is 0 Å². The molecular formula is C22H15NO7. The highest BCUT2D eigenvalue weighted by atomic mass is 16.4. The van der Waals surface area contributed by atoms with E-state index in [1.807, 2.05) is 0 Å². The van der Waals surface area contributed by atoms with Gasteiger partial charge in [0.2, 0.25) is 0 Å². The molecule has 1 amide bonds. The minimum absolute atomic E-state index is 0.0128. The Labute approximate surface area is 170 Å². The van der Waals surface area contributed by atoms with E-state index in [1.54, 1.807) is 36.4 Å². The molecule has 0 saturated heterocycles. The fourth-order valence-corrected chi connectivity index (χ4v) is 2.97. The van der Waals surface area contributed by atoms with E-state index in [-0.39, 0.29) is 27.9 Å². The van der Waals surface area contributed by atoms with Crippen LogP contribution in [0, 0.1) is 0 Å². The van der Waals surface area contributed by atoms with Gasteiger partial charge in [-0.25, -0.2) is 14.4 Å². The third kappa shape index (κ3) is 4.17. The van der Waals surface area contributed by atoms with Gasteiger partial charge >= 0.3 is 17.9 Å². The number of hydrogen-bond donors (Lipinski definition) is 4. The molecule has 0 fully saturated rings. The molecule has 150 valence electrons. The summed E-state index contributed by atoms with van der Waals surface area (Å²) < 4.78 is 0. The highest BCUT2D eigenvalue weighted by Gasteiger charge is 2.19. The monoisotopic (exact) mass is 405 g/mol. The van der Waals surface area contributed by atoms with Gasteiger partial charge in [-0.2, -0.15) is 0 Å². The summed E-state index contributed by atoms with van der Waals surface area (Å²) in [5, 5.41) is 30.3. The fraction of sp³-hybridized carbons (Fsp3) is 0. The van der Waals surface area contributed by atoms with Crippen molar-refractivity contribution in [1.29, 1.82) is 0 Å². The maximum atomic E-state index is 12.9. The summed E-state index contributed by atoms with van der Waals surface area (Å²) >= 11 is 0. The predicted octanol–water partition coefficient (Wildman–Crippen LogP) is 3.70. The molecule has 8 heteroatoms. The van der Waals surface area contributed by atoms with Gasteiger partial charge in [0, 0.05) is 11.3 Å². The Morgan fingerprint density at radius 3 is 1.57 bits per heavy atom. The lowest BCUT2D eigenvalue weighted by molar-refractivity contribution is 0.0682. The average molecular weight is 405 g/mol. The molecule has 8 nitrogen and oxygen atoms in total. The van der Waals surface area contributed by atoms with Crippen LogP contribution in [0.2, 0.25) is 0 Å². The second-order valence-electron chi connectivity index (χ2n) is 6.26. The highest BCUT2D eigenvalue weighted by Crippen LogP contribution is 2.28. The number of carbonyl (C=O) groups excluding carboxylic acids is 1. The molecule has 30 heavy (non-hydrogen) atoms. The van der Waals surface area contributed by atoms with Gasteiger partial charge < -0.3 is 20.6 Å². The second-order valence-corrected chi connectivity index (χ2v) is 6.26. The Kier molecular flexibility index (Phi) is 5.59. The second kappa shape index (κ2) is 8.27. The van der Waals surface area contributed by atoms with E-state index < -0.39 is 23.8 Å². The SMILES string of the molecule is O=C(O)c1cc(NC(=O)c2ccccc2-c2ccccc2C(=O)O)cc(C(=O)O)c1. The Morgan fingerprint density at radius 2 is 1.07 bits per heavy atom. The average Bonchev–Trinajstić information content (AvgIpc) is 2.73. The van der Waals surface area contributed by atoms with Crippen molar-refractivity contribution in [3.05, 3.63) is 89.0 Å². The van der Waals surface area contributed by atoms with Crippen molar-refractivity contribution in [3.63, 3.8) is 0 Å². The molecule has 0 aromatic heterocycles. The maximum absolute atomic E-state index is 12.9. The van der Waals surface area contributed by atoms with Crippen molar-refractivity contribution in [2.75, 3.05) is 5.32 Å². The van der Waals surface area contributed by atoms with Gasteiger partial charge in [0.1, 0.15) is 0 Å². The van der Waals surface area contributed by atoms with Crippen molar-refractivity contribution in [3.8, 4) is 11.1 Å². The van der Waals surface area contributed by atoms with Gasteiger partial charge in [-0.15, -0.1) is 0 Å². The van der Waals surface area contributed by atoms with Crippen LogP contribution >= 0.6 is 0 Å². The summed E-state index contributed by atoms with van der Waals surface area (Å²) in [5.74, 6) is -4.49. The van der Waals surface area contributed by atoms with Gasteiger partial charge in [0.05, 0.1) is 16.7 Å². The summed E-state index contributed by atoms with van der Waals surface area (Å²) in [4.78, 5) is 47.0. The Morgan fingerprint density at radius 1 is 0.600 bits per heavy atom. The zero-order valence-electron chi connectivity index (χ0n) is 15.3. The summed E-state index contributed by atoms with van der Waals surface area (Å²) in [6.45, 7) is 0. The van der Waals surface area contributed by atoms with Crippen LogP contribution in [0.4, 0.5) is 5.69 Å². The number of carboxylic acids is 3. The van der Waals surface area contributed by atoms with Crippen LogP contribution in [0.15, 0.2) is 66.7 Å². The Hall–Kier alpha value is -4.46. The molecule has 0 aliphatic carbocycles. The van der Waals surface area contributed by atoms with Crippen LogP contribution in [0.5, 0.6) is 0 Å². The zero-order valence-corrected chi connectivity index (χ0v) is 15.3. The lowest BCUT2D eigenvalue weighted by Gasteiger charge is -2.13. The summed E-state index contributed by atoms with van der Waals surface area (Å²) in [6, 6.07) is 15.8. The van der Waals surface area contributed by atoms with Crippen LogP contribution in [0.25, 0.3) is 11.1 Å². The van der Waals surface area contributed by atoms with Crippen LogP contribution in [-0.4, -0.2) is 39.1 Å². The molecule has 0 aliphatic rings. The molecule has 3 aromatic rings. The number of amides is 1. The lowest BCUT2D eigenvalue weighted by atomic mass is 9.95. The van der Waals surface area contributed by atoms with Crippen molar-refractivity contribution in [1.82, 2.24) is 0 Å². The molecule has 0 bridgehead atoms. The van der Waals surface area contributed by atoms with E-state index in [4.69, 9.17) is 0 Å². The molecule has 3 rings (SSSR count). The van der Waals surface area contributed by atoms with Gasteiger partial charge in [0.15, 0.2) is 0 Å². The third-order valence-corrected chi connectivity index (χ3v) is 4.30. The number of nitrogens with one attached hydrogen (secondary N) is 1. The van der Waals surface area contributed by atoms with Gasteiger partial charge in [0.25, 0.3) is 5.91 Å². The highest BCUT2D eigenvalue weighted by molar-refractivity contribution is 6.11. The first-order chi connectivity index (χ1) is 14.3. The lowest BCUT2D eigenvalue weighted by Crippen LogP contribution is -2.15. The van der Waals surface area contributed by atoms with Crippen LogP contribution in [0.1, 0.15) is 41.4 Å².